The molecule has 182 valence electrons. The standard InChI is InChI=1S/C24H32N6O4/c1-34-18-11-9-17(10-12-18)15-21(31)29-19(8-5-13-28-24(26)27)23(33)30-20(22(25)32)14-16-6-3-2-4-7-16/h2-4,6-7,9-12,19-20H,5,8,13-15H2,1H3,(H2,25,32)(H,29,31)(H,30,33)(H4,26,27,28)/t19-,20-/m0/s1. The number of benzene rings is 2. The lowest BCUT2D eigenvalue weighted by Gasteiger charge is -2.22. The van der Waals surface area contributed by atoms with Crippen LogP contribution < -0.4 is 32.6 Å². The number of nitrogens with one attached hydrogen (secondary N) is 2. The molecule has 10 nitrogen and oxygen atoms in total. The Hall–Kier alpha value is -4.08. The van der Waals surface area contributed by atoms with Gasteiger partial charge in [-0.3, -0.25) is 19.4 Å². The van der Waals surface area contributed by atoms with Crippen LogP contribution in [0.2, 0.25) is 0 Å². The number of ether oxygens (including phenoxy) is 1. The highest BCUT2D eigenvalue weighted by Crippen LogP contribution is 2.12. The van der Waals surface area contributed by atoms with Gasteiger partial charge in [0.2, 0.25) is 17.7 Å². The largest absolute Gasteiger partial charge is 0.497 e. The van der Waals surface area contributed by atoms with E-state index in [9.17, 15) is 14.4 Å². The molecule has 0 spiro atoms. The van der Waals surface area contributed by atoms with E-state index in [0.717, 1.165) is 11.1 Å². The lowest BCUT2D eigenvalue weighted by atomic mass is 10.0. The number of carbonyl (C=O) groups excluding carboxylic acids is 3. The van der Waals surface area contributed by atoms with Crippen LogP contribution in [0.4, 0.5) is 0 Å². The molecule has 0 aliphatic rings. The molecule has 0 saturated carbocycles. The second-order valence-corrected chi connectivity index (χ2v) is 7.75. The van der Waals surface area contributed by atoms with Crippen molar-refractivity contribution in [1.82, 2.24) is 10.6 Å². The summed E-state index contributed by atoms with van der Waals surface area (Å²) >= 11 is 0. The van der Waals surface area contributed by atoms with Crippen molar-refractivity contribution in [2.45, 2.75) is 37.8 Å². The number of primary amides is 1. The van der Waals surface area contributed by atoms with Crippen molar-refractivity contribution in [3.63, 3.8) is 0 Å². The highest BCUT2D eigenvalue weighted by Gasteiger charge is 2.25. The molecule has 0 aliphatic carbocycles. The number of guanidine groups is 1. The third-order valence-electron chi connectivity index (χ3n) is 5.06. The monoisotopic (exact) mass is 468 g/mol. The maximum atomic E-state index is 13.0. The lowest BCUT2D eigenvalue weighted by Crippen LogP contribution is -2.53. The van der Waals surface area contributed by atoms with E-state index in [1.807, 2.05) is 30.3 Å². The Morgan fingerprint density at radius 3 is 2.18 bits per heavy atom. The second kappa shape index (κ2) is 13.5. The van der Waals surface area contributed by atoms with Gasteiger partial charge in [0.05, 0.1) is 13.5 Å². The van der Waals surface area contributed by atoms with Crippen molar-refractivity contribution >= 4 is 23.7 Å². The summed E-state index contributed by atoms with van der Waals surface area (Å²) in [5, 5.41) is 5.41. The summed E-state index contributed by atoms with van der Waals surface area (Å²) in [4.78, 5) is 41.5. The zero-order chi connectivity index (χ0) is 24.9. The molecule has 3 amide bonds. The zero-order valence-corrected chi connectivity index (χ0v) is 19.2. The van der Waals surface area contributed by atoms with E-state index in [1.54, 1.807) is 31.4 Å². The normalized spacial score (nSPS) is 12.1. The molecule has 0 unspecified atom stereocenters. The van der Waals surface area contributed by atoms with Crippen molar-refractivity contribution in [3.8, 4) is 5.75 Å². The van der Waals surface area contributed by atoms with Crippen LogP contribution in [0.1, 0.15) is 24.0 Å². The van der Waals surface area contributed by atoms with Gasteiger partial charge in [-0.25, -0.2) is 0 Å². The zero-order valence-electron chi connectivity index (χ0n) is 19.2. The Kier molecular flexibility index (Phi) is 10.4. The van der Waals surface area contributed by atoms with Gasteiger partial charge in [-0.1, -0.05) is 42.5 Å². The van der Waals surface area contributed by atoms with Crippen molar-refractivity contribution in [2.75, 3.05) is 13.7 Å². The maximum absolute atomic E-state index is 13.0. The molecular formula is C24H32N6O4. The third kappa shape index (κ3) is 9.19. The number of methoxy groups -OCH3 is 1. The second-order valence-electron chi connectivity index (χ2n) is 7.75. The fraction of sp³-hybridized carbons (Fsp3) is 0.333. The van der Waals surface area contributed by atoms with E-state index in [-0.39, 0.29) is 31.1 Å². The van der Waals surface area contributed by atoms with Crippen LogP contribution >= 0.6 is 0 Å². The van der Waals surface area contributed by atoms with Gasteiger partial charge in [0.15, 0.2) is 5.96 Å². The molecule has 2 atom stereocenters. The fourth-order valence-corrected chi connectivity index (χ4v) is 3.29. The summed E-state index contributed by atoms with van der Waals surface area (Å²) < 4.78 is 5.12. The van der Waals surface area contributed by atoms with Gasteiger partial charge in [-0.15, -0.1) is 0 Å². The van der Waals surface area contributed by atoms with Crippen LogP contribution in [-0.2, 0) is 27.2 Å². The fourth-order valence-electron chi connectivity index (χ4n) is 3.29. The average Bonchev–Trinajstić information content (AvgIpc) is 2.81. The van der Waals surface area contributed by atoms with Crippen molar-refractivity contribution in [3.05, 3.63) is 65.7 Å². The maximum Gasteiger partial charge on any atom is 0.243 e. The molecule has 0 bridgehead atoms. The topological polar surface area (TPSA) is 175 Å². The molecule has 0 saturated heterocycles. The van der Waals surface area contributed by atoms with Gasteiger partial charge < -0.3 is 32.6 Å². The van der Waals surface area contributed by atoms with Crippen molar-refractivity contribution in [2.24, 2.45) is 22.2 Å². The van der Waals surface area contributed by atoms with E-state index >= 15 is 0 Å². The Morgan fingerprint density at radius 2 is 1.59 bits per heavy atom. The highest BCUT2D eigenvalue weighted by molar-refractivity contribution is 5.92. The Morgan fingerprint density at radius 1 is 0.912 bits per heavy atom. The van der Waals surface area contributed by atoms with Crippen LogP contribution in [0.5, 0.6) is 5.75 Å². The minimum Gasteiger partial charge on any atom is -0.497 e. The van der Waals surface area contributed by atoms with E-state index in [1.165, 1.54) is 0 Å². The Bertz CT molecular complexity index is 975. The molecule has 34 heavy (non-hydrogen) atoms. The summed E-state index contributed by atoms with van der Waals surface area (Å²) in [6, 6.07) is 14.4. The number of hydrogen-bond donors (Lipinski definition) is 5. The summed E-state index contributed by atoms with van der Waals surface area (Å²) in [7, 11) is 1.56. The molecule has 2 aromatic rings. The number of amides is 3. The number of nitrogens with two attached hydrogens (primary N) is 3. The first-order chi connectivity index (χ1) is 16.3. The first kappa shape index (κ1) is 26.2. The number of carbonyl (C=O) groups is 3. The molecule has 0 heterocycles. The molecule has 2 rings (SSSR count). The summed E-state index contributed by atoms with van der Waals surface area (Å²) in [6.45, 7) is 0.295. The molecule has 0 fully saturated rings. The Balaban J connectivity index is 2.06. The van der Waals surface area contributed by atoms with Gasteiger partial charge in [-0.2, -0.15) is 0 Å². The smallest absolute Gasteiger partial charge is 0.243 e. The summed E-state index contributed by atoms with van der Waals surface area (Å²) in [6.07, 6.45) is 1.03. The summed E-state index contributed by atoms with van der Waals surface area (Å²) in [5.74, 6) is -0.891. The van der Waals surface area contributed by atoms with E-state index in [0.29, 0.717) is 18.7 Å². The average molecular weight is 469 g/mol. The van der Waals surface area contributed by atoms with Gasteiger partial charge in [0.25, 0.3) is 0 Å². The van der Waals surface area contributed by atoms with Gasteiger partial charge in [-0.05, 0) is 36.1 Å². The van der Waals surface area contributed by atoms with Gasteiger partial charge >= 0.3 is 0 Å². The van der Waals surface area contributed by atoms with Crippen LogP contribution in [0.3, 0.4) is 0 Å². The number of aliphatic imine (C=N–C) groups is 1. The minimum absolute atomic E-state index is 0.0544. The minimum atomic E-state index is -0.923. The molecule has 0 radical (unpaired) electrons. The lowest BCUT2D eigenvalue weighted by molar-refractivity contribution is -0.131. The predicted molar refractivity (Wildman–Crippen MR) is 130 cm³/mol. The van der Waals surface area contributed by atoms with Gasteiger partial charge in [0, 0.05) is 13.0 Å². The molecule has 0 aromatic heterocycles. The Labute approximate surface area is 198 Å². The number of hydrogen-bond acceptors (Lipinski definition) is 5. The van der Waals surface area contributed by atoms with E-state index < -0.39 is 23.9 Å². The number of nitrogens with zero attached hydrogens (tertiary/aromatic N) is 1. The first-order valence-corrected chi connectivity index (χ1v) is 10.9. The van der Waals surface area contributed by atoms with E-state index in [2.05, 4.69) is 15.6 Å². The van der Waals surface area contributed by atoms with Gasteiger partial charge in [0.1, 0.15) is 17.8 Å². The third-order valence-corrected chi connectivity index (χ3v) is 5.06. The molecule has 10 heteroatoms. The van der Waals surface area contributed by atoms with Crippen LogP contribution in [-0.4, -0.2) is 49.4 Å². The van der Waals surface area contributed by atoms with Crippen LogP contribution in [0, 0.1) is 0 Å². The van der Waals surface area contributed by atoms with Crippen molar-refractivity contribution < 1.29 is 19.1 Å². The SMILES string of the molecule is COc1ccc(CC(=O)N[C@@H](CCCN=C(N)N)C(=O)N[C@@H](Cc2ccccc2)C(N)=O)cc1. The predicted octanol–water partition coefficient (Wildman–Crippen LogP) is -0.0111. The van der Waals surface area contributed by atoms with Crippen molar-refractivity contribution in [1.29, 1.82) is 0 Å². The highest BCUT2D eigenvalue weighted by atomic mass is 16.5. The molecular weight excluding hydrogens is 436 g/mol. The van der Waals surface area contributed by atoms with Crippen LogP contribution in [0.25, 0.3) is 0 Å². The molecule has 8 N–H and O–H groups in total. The quantitative estimate of drug-likeness (QED) is 0.157. The first-order valence-electron chi connectivity index (χ1n) is 10.9. The molecule has 2 aromatic carbocycles. The number of rotatable bonds is 13. The van der Waals surface area contributed by atoms with E-state index in [4.69, 9.17) is 21.9 Å². The summed E-state index contributed by atoms with van der Waals surface area (Å²) in [5.41, 5.74) is 17.8. The van der Waals surface area contributed by atoms with Crippen LogP contribution in [0.15, 0.2) is 59.6 Å². The molecule has 0 aliphatic heterocycles.